The summed E-state index contributed by atoms with van der Waals surface area (Å²) < 4.78 is 0.828. The zero-order chi connectivity index (χ0) is 9.68. The Labute approximate surface area is 94.8 Å². The maximum Gasteiger partial charge on any atom is 0.206 e. The number of nitrogens with zero attached hydrogens (tertiary/aromatic N) is 2. The molecular formula is C7H12BrN3S2. The average Bonchev–Trinajstić information content (AvgIpc) is 2.50. The van der Waals surface area contributed by atoms with Gasteiger partial charge < -0.3 is 5.32 Å². The second-order valence-corrected chi connectivity index (χ2v) is 5.73. The summed E-state index contributed by atoms with van der Waals surface area (Å²) >= 11 is 6.66. The van der Waals surface area contributed by atoms with E-state index in [1.807, 2.05) is 11.8 Å². The lowest BCUT2D eigenvalue weighted by Crippen LogP contribution is -2.20. The number of rotatable bonds is 5. The minimum Gasteiger partial charge on any atom is -0.357 e. The average molecular weight is 282 g/mol. The largest absolute Gasteiger partial charge is 0.357 e. The van der Waals surface area contributed by atoms with E-state index in [0.717, 1.165) is 21.2 Å². The van der Waals surface area contributed by atoms with Gasteiger partial charge in [-0.2, -0.15) is 11.8 Å². The maximum absolute atomic E-state index is 3.99. The van der Waals surface area contributed by atoms with Gasteiger partial charge in [0.15, 0.2) is 3.92 Å². The van der Waals surface area contributed by atoms with E-state index >= 15 is 0 Å². The molecule has 6 heteroatoms. The second-order valence-electron chi connectivity index (χ2n) is 2.57. The molecule has 0 saturated carbocycles. The topological polar surface area (TPSA) is 37.8 Å². The molecule has 0 spiro atoms. The molecule has 0 saturated heterocycles. The summed E-state index contributed by atoms with van der Waals surface area (Å²) in [7, 11) is 0. The van der Waals surface area contributed by atoms with Crippen molar-refractivity contribution in [3.63, 3.8) is 0 Å². The second kappa shape index (κ2) is 5.82. The number of halogens is 1. The van der Waals surface area contributed by atoms with E-state index < -0.39 is 0 Å². The van der Waals surface area contributed by atoms with Crippen LogP contribution in [0.5, 0.6) is 0 Å². The Kier molecular flexibility index (Phi) is 5.05. The van der Waals surface area contributed by atoms with Crippen LogP contribution >= 0.6 is 39.0 Å². The molecule has 0 bridgehead atoms. The molecule has 0 fully saturated rings. The number of anilines is 1. The van der Waals surface area contributed by atoms with Gasteiger partial charge in [-0.05, 0) is 28.6 Å². The van der Waals surface area contributed by atoms with Gasteiger partial charge in [-0.25, -0.2) is 0 Å². The normalized spacial score (nSPS) is 12.8. The summed E-state index contributed by atoms with van der Waals surface area (Å²) in [5.74, 6) is 1.10. The molecule has 1 N–H and O–H groups in total. The van der Waals surface area contributed by atoms with Crippen LogP contribution in [-0.4, -0.2) is 28.2 Å². The standard InChI is InChI=1S/C7H12BrN3S2/c1-3-5(4-12-2)9-7-11-10-6(8)13-7/h5H,3-4H2,1-2H3,(H,9,11). The predicted octanol–water partition coefficient (Wildman–Crippen LogP) is 2.85. The maximum atomic E-state index is 3.99. The van der Waals surface area contributed by atoms with E-state index in [-0.39, 0.29) is 0 Å². The number of nitrogens with one attached hydrogen (secondary N) is 1. The van der Waals surface area contributed by atoms with Crippen LogP contribution < -0.4 is 5.32 Å². The van der Waals surface area contributed by atoms with Crippen LogP contribution in [0, 0.1) is 0 Å². The summed E-state index contributed by atoms with van der Waals surface area (Å²) in [6.07, 6.45) is 3.22. The molecule has 0 amide bonds. The van der Waals surface area contributed by atoms with Crippen molar-refractivity contribution in [3.8, 4) is 0 Å². The lowest BCUT2D eigenvalue weighted by Gasteiger charge is -2.13. The predicted molar refractivity (Wildman–Crippen MR) is 63.7 cm³/mol. The van der Waals surface area contributed by atoms with E-state index in [4.69, 9.17) is 0 Å². The molecule has 0 aliphatic carbocycles. The molecule has 0 aliphatic heterocycles. The molecule has 1 heterocycles. The molecule has 1 aromatic heterocycles. The van der Waals surface area contributed by atoms with Crippen molar-refractivity contribution in [2.45, 2.75) is 19.4 Å². The fraction of sp³-hybridized carbons (Fsp3) is 0.714. The summed E-state index contributed by atoms with van der Waals surface area (Å²) in [5, 5.41) is 12.1. The highest BCUT2D eigenvalue weighted by Gasteiger charge is 2.07. The molecule has 0 aromatic carbocycles. The Balaban J connectivity index is 2.46. The molecule has 1 aromatic rings. The van der Waals surface area contributed by atoms with Gasteiger partial charge in [-0.15, -0.1) is 10.2 Å². The first-order valence-electron chi connectivity index (χ1n) is 4.00. The van der Waals surface area contributed by atoms with Crippen molar-refractivity contribution in [1.82, 2.24) is 10.2 Å². The minimum absolute atomic E-state index is 0.495. The zero-order valence-electron chi connectivity index (χ0n) is 7.58. The number of thioether (sulfide) groups is 1. The highest BCUT2D eigenvalue weighted by atomic mass is 79.9. The van der Waals surface area contributed by atoms with Crippen molar-refractivity contribution in [2.24, 2.45) is 0 Å². The van der Waals surface area contributed by atoms with Gasteiger partial charge in [-0.1, -0.05) is 18.3 Å². The molecule has 74 valence electrons. The quantitative estimate of drug-likeness (QED) is 0.901. The smallest absolute Gasteiger partial charge is 0.206 e. The third-order valence-electron chi connectivity index (χ3n) is 1.59. The van der Waals surface area contributed by atoms with Gasteiger partial charge in [-0.3, -0.25) is 0 Å². The highest BCUT2D eigenvalue weighted by Crippen LogP contribution is 2.21. The summed E-state index contributed by atoms with van der Waals surface area (Å²) in [4.78, 5) is 0. The van der Waals surface area contributed by atoms with Crippen LogP contribution in [-0.2, 0) is 0 Å². The number of hydrogen-bond acceptors (Lipinski definition) is 5. The van der Waals surface area contributed by atoms with E-state index in [0.29, 0.717) is 6.04 Å². The first-order chi connectivity index (χ1) is 6.26. The van der Waals surface area contributed by atoms with Crippen molar-refractivity contribution >= 4 is 44.2 Å². The van der Waals surface area contributed by atoms with Crippen LogP contribution in [0.3, 0.4) is 0 Å². The Morgan fingerprint density at radius 2 is 2.38 bits per heavy atom. The first-order valence-corrected chi connectivity index (χ1v) is 7.01. The van der Waals surface area contributed by atoms with Gasteiger partial charge in [0.05, 0.1) is 0 Å². The SMILES string of the molecule is CCC(CSC)Nc1nnc(Br)s1. The molecule has 1 atom stereocenters. The van der Waals surface area contributed by atoms with Crippen LogP contribution in [0.25, 0.3) is 0 Å². The molecule has 3 nitrogen and oxygen atoms in total. The molecule has 1 rings (SSSR count). The molecule has 13 heavy (non-hydrogen) atoms. The third-order valence-corrected chi connectivity index (χ3v) is 3.61. The number of hydrogen-bond donors (Lipinski definition) is 1. The van der Waals surface area contributed by atoms with E-state index in [2.05, 4.69) is 44.6 Å². The van der Waals surface area contributed by atoms with Gasteiger partial charge in [0.2, 0.25) is 5.13 Å². The van der Waals surface area contributed by atoms with E-state index in [9.17, 15) is 0 Å². The molecule has 0 aliphatic rings. The van der Waals surface area contributed by atoms with Gasteiger partial charge in [0.1, 0.15) is 0 Å². The zero-order valence-corrected chi connectivity index (χ0v) is 10.8. The Morgan fingerprint density at radius 3 is 2.85 bits per heavy atom. The fourth-order valence-electron chi connectivity index (χ4n) is 0.901. The molecular weight excluding hydrogens is 270 g/mol. The lowest BCUT2D eigenvalue weighted by molar-refractivity contribution is 0.770. The third kappa shape index (κ3) is 3.83. The summed E-state index contributed by atoms with van der Waals surface area (Å²) in [6, 6.07) is 0.495. The lowest BCUT2D eigenvalue weighted by atomic mass is 10.3. The minimum atomic E-state index is 0.495. The number of aromatic nitrogens is 2. The summed E-state index contributed by atoms with van der Waals surface area (Å²) in [6.45, 7) is 2.17. The fourth-order valence-corrected chi connectivity index (χ4v) is 2.71. The van der Waals surface area contributed by atoms with Crippen LogP contribution in [0.2, 0.25) is 0 Å². The highest BCUT2D eigenvalue weighted by molar-refractivity contribution is 9.11. The van der Waals surface area contributed by atoms with Crippen LogP contribution in [0.15, 0.2) is 3.92 Å². The molecule has 0 radical (unpaired) electrons. The van der Waals surface area contributed by atoms with Gasteiger partial charge >= 0.3 is 0 Å². The van der Waals surface area contributed by atoms with Crippen molar-refractivity contribution in [1.29, 1.82) is 0 Å². The van der Waals surface area contributed by atoms with Crippen molar-refractivity contribution in [2.75, 3.05) is 17.3 Å². The van der Waals surface area contributed by atoms with E-state index in [1.54, 1.807) is 0 Å². The monoisotopic (exact) mass is 281 g/mol. The van der Waals surface area contributed by atoms with E-state index in [1.165, 1.54) is 11.3 Å². The van der Waals surface area contributed by atoms with Gasteiger partial charge in [0, 0.05) is 11.8 Å². The Hall–Kier alpha value is 0.190. The molecule has 1 unspecified atom stereocenters. The van der Waals surface area contributed by atoms with Crippen molar-refractivity contribution in [3.05, 3.63) is 3.92 Å². The van der Waals surface area contributed by atoms with Crippen LogP contribution in [0.4, 0.5) is 5.13 Å². The Bertz CT molecular complexity index is 254. The summed E-state index contributed by atoms with van der Waals surface area (Å²) in [5.41, 5.74) is 0. The van der Waals surface area contributed by atoms with Crippen LogP contribution in [0.1, 0.15) is 13.3 Å². The Morgan fingerprint density at radius 1 is 1.62 bits per heavy atom. The first kappa shape index (κ1) is 11.3. The van der Waals surface area contributed by atoms with Crippen molar-refractivity contribution < 1.29 is 0 Å². The van der Waals surface area contributed by atoms with Gasteiger partial charge in [0.25, 0.3) is 0 Å².